The Bertz CT molecular complexity index is 871. The number of aromatic nitrogens is 3. The van der Waals surface area contributed by atoms with E-state index in [2.05, 4.69) is 15.3 Å². The number of nitrogens with zero attached hydrogens (tertiary/aromatic N) is 3. The second-order valence-corrected chi connectivity index (χ2v) is 7.36. The molecule has 0 aliphatic heterocycles. The third-order valence-electron chi connectivity index (χ3n) is 3.50. The van der Waals surface area contributed by atoms with Crippen molar-refractivity contribution in [1.82, 2.24) is 14.5 Å². The van der Waals surface area contributed by atoms with Crippen LogP contribution in [0, 0.1) is 6.92 Å². The summed E-state index contributed by atoms with van der Waals surface area (Å²) in [5.41, 5.74) is 0.859. The van der Waals surface area contributed by atoms with Crippen LogP contribution < -0.4 is 10.1 Å². The van der Waals surface area contributed by atoms with Gasteiger partial charge in [-0.1, -0.05) is 11.3 Å². The predicted molar refractivity (Wildman–Crippen MR) is 101 cm³/mol. The summed E-state index contributed by atoms with van der Waals surface area (Å²) >= 11 is 2.91. The van der Waals surface area contributed by atoms with E-state index in [0.717, 1.165) is 27.0 Å². The monoisotopic (exact) mass is 374 g/mol. The number of aryl methyl sites for hydroxylation is 2. The number of nitrogens with one attached hydrogen (secondary N) is 1. The maximum absolute atomic E-state index is 12.2. The Morgan fingerprint density at radius 1 is 1.36 bits per heavy atom. The smallest absolute Gasteiger partial charge is 0.236 e. The summed E-state index contributed by atoms with van der Waals surface area (Å²) in [6.45, 7) is 1.92. The van der Waals surface area contributed by atoms with Gasteiger partial charge in [-0.25, -0.2) is 9.97 Å². The van der Waals surface area contributed by atoms with E-state index >= 15 is 0 Å². The number of thiazole rings is 1. The number of rotatable bonds is 6. The van der Waals surface area contributed by atoms with Gasteiger partial charge in [0.05, 0.1) is 23.4 Å². The van der Waals surface area contributed by atoms with Crippen molar-refractivity contribution in [2.45, 2.75) is 11.8 Å². The Hall–Kier alpha value is -2.32. The Balaban J connectivity index is 1.60. The first-order valence-electron chi connectivity index (χ1n) is 7.58. The highest BCUT2D eigenvalue weighted by Gasteiger charge is 2.15. The first-order valence-corrected chi connectivity index (χ1v) is 9.39. The number of carbonyl (C=O) groups is 1. The quantitative estimate of drug-likeness (QED) is 0.668. The average Bonchev–Trinajstić information content (AvgIpc) is 3.18. The summed E-state index contributed by atoms with van der Waals surface area (Å²) < 4.78 is 7.06. The minimum Gasteiger partial charge on any atom is -0.497 e. The lowest BCUT2D eigenvalue weighted by Crippen LogP contribution is -2.13. The first-order chi connectivity index (χ1) is 12.1. The van der Waals surface area contributed by atoms with E-state index in [1.54, 1.807) is 13.3 Å². The molecule has 0 spiro atoms. The minimum absolute atomic E-state index is 0.0824. The van der Waals surface area contributed by atoms with Gasteiger partial charge in [0.15, 0.2) is 11.0 Å². The maximum Gasteiger partial charge on any atom is 0.236 e. The maximum atomic E-state index is 12.2. The summed E-state index contributed by atoms with van der Waals surface area (Å²) in [4.78, 5) is 22.9. The van der Waals surface area contributed by atoms with Crippen LogP contribution in [-0.4, -0.2) is 33.3 Å². The van der Waals surface area contributed by atoms with Gasteiger partial charge in [0.25, 0.3) is 0 Å². The number of carbonyl (C=O) groups excluding carboxylic acids is 1. The third-order valence-corrected chi connectivity index (χ3v) is 5.58. The van der Waals surface area contributed by atoms with E-state index in [9.17, 15) is 4.79 Å². The van der Waals surface area contributed by atoms with Gasteiger partial charge in [0.2, 0.25) is 5.91 Å². The Labute approximate surface area is 154 Å². The molecule has 0 unspecified atom stereocenters. The van der Waals surface area contributed by atoms with Crippen LogP contribution >= 0.6 is 23.1 Å². The van der Waals surface area contributed by atoms with Crippen molar-refractivity contribution in [3.05, 3.63) is 42.4 Å². The number of hydrogen-bond donors (Lipinski definition) is 1. The molecule has 1 amide bonds. The van der Waals surface area contributed by atoms with Crippen molar-refractivity contribution in [3.63, 3.8) is 0 Å². The number of amides is 1. The molecule has 0 bridgehead atoms. The summed E-state index contributed by atoms with van der Waals surface area (Å²) in [5.74, 6) is 1.89. The topological polar surface area (TPSA) is 69.0 Å². The number of thioether (sulfide) groups is 1. The zero-order chi connectivity index (χ0) is 17.8. The van der Waals surface area contributed by atoms with Crippen LogP contribution in [-0.2, 0) is 11.8 Å². The number of imidazole rings is 1. The molecule has 0 saturated carbocycles. The van der Waals surface area contributed by atoms with E-state index in [1.165, 1.54) is 23.1 Å². The molecule has 0 aliphatic carbocycles. The average molecular weight is 374 g/mol. The normalized spacial score (nSPS) is 10.7. The van der Waals surface area contributed by atoms with E-state index in [0.29, 0.717) is 10.9 Å². The van der Waals surface area contributed by atoms with Gasteiger partial charge in [0.1, 0.15) is 5.75 Å². The molecule has 1 aromatic carbocycles. The SMILES string of the molecule is COc1ccc(SCC(=O)Nc2nc(C)c(-c3nccn3C)s2)cc1. The lowest BCUT2D eigenvalue weighted by molar-refractivity contribution is -0.113. The van der Waals surface area contributed by atoms with Crippen LogP contribution in [0.1, 0.15) is 5.69 Å². The molecule has 0 radical (unpaired) electrons. The number of hydrogen-bond acceptors (Lipinski definition) is 6. The number of benzene rings is 1. The van der Waals surface area contributed by atoms with Crippen LogP contribution in [0.15, 0.2) is 41.6 Å². The number of ether oxygens (including phenoxy) is 1. The number of anilines is 1. The van der Waals surface area contributed by atoms with Gasteiger partial charge >= 0.3 is 0 Å². The molecule has 0 fully saturated rings. The molecular weight excluding hydrogens is 356 g/mol. The molecule has 130 valence electrons. The molecule has 1 N–H and O–H groups in total. The van der Waals surface area contributed by atoms with Crippen molar-refractivity contribution in [2.24, 2.45) is 7.05 Å². The van der Waals surface area contributed by atoms with Crippen LogP contribution in [0.2, 0.25) is 0 Å². The molecule has 6 nitrogen and oxygen atoms in total. The lowest BCUT2D eigenvalue weighted by atomic mass is 10.3. The molecule has 25 heavy (non-hydrogen) atoms. The molecule has 2 aromatic heterocycles. The number of methoxy groups -OCH3 is 1. The lowest BCUT2D eigenvalue weighted by Gasteiger charge is -2.03. The van der Waals surface area contributed by atoms with Gasteiger partial charge in [-0.3, -0.25) is 4.79 Å². The molecule has 3 aromatic rings. The minimum atomic E-state index is -0.0824. The van der Waals surface area contributed by atoms with Gasteiger partial charge in [-0.15, -0.1) is 11.8 Å². The highest BCUT2D eigenvalue weighted by atomic mass is 32.2. The van der Waals surface area contributed by atoms with Crippen LogP contribution in [0.25, 0.3) is 10.7 Å². The fourth-order valence-electron chi connectivity index (χ4n) is 2.22. The summed E-state index contributed by atoms with van der Waals surface area (Å²) in [5, 5.41) is 3.46. The van der Waals surface area contributed by atoms with Crippen LogP contribution in [0.4, 0.5) is 5.13 Å². The predicted octanol–water partition coefficient (Wildman–Crippen LogP) is 3.59. The fourth-order valence-corrected chi connectivity index (χ4v) is 3.94. The summed E-state index contributed by atoms with van der Waals surface area (Å²) in [7, 11) is 3.57. The van der Waals surface area contributed by atoms with E-state index in [1.807, 2.05) is 49.0 Å². The van der Waals surface area contributed by atoms with Gasteiger partial charge in [0, 0.05) is 24.3 Å². The molecule has 8 heteroatoms. The van der Waals surface area contributed by atoms with E-state index in [-0.39, 0.29) is 5.91 Å². The zero-order valence-corrected chi connectivity index (χ0v) is 15.8. The van der Waals surface area contributed by atoms with Crippen molar-refractivity contribution in [2.75, 3.05) is 18.2 Å². The van der Waals surface area contributed by atoms with E-state index in [4.69, 9.17) is 4.74 Å². The summed E-state index contributed by atoms with van der Waals surface area (Å²) in [6.07, 6.45) is 3.64. The second kappa shape index (κ2) is 7.71. The molecule has 3 rings (SSSR count). The van der Waals surface area contributed by atoms with Crippen molar-refractivity contribution < 1.29 is 9.53 Å². The Kier molecular flexibility index (Phi) is 5.40. The second-order valence-electron chi connectivity index (χ2n) is 5.31. The van der Waals surface area contributed by atoms with Crippen molar-refractivity contribution >= 4 is 34.1 Å². The standard InChI is InChI=1S/C17H18N4O2S2/c1-11-15(16-18-8-9-21(16)2)25-17(19-11)20-14(22)10-24-13-6-4-12(23-3)5-7-13/h4-9H,10H2,1-3H3,(H,19,20,22). The van der Waals surface area contributed by atoms with Crippen LogP contribution in [0.3, 0.4) is 0 Å². The van der Waals surface area contributed by atoms with Crippen LogP contribution in [0.5, 0.6) is 5.75 Å². The summed E-state index contributed by atoms with van der Waals surface area (Å²) in [6, 6.07) is 7.63. The van der Waals surface area contributed by atoms with Gasteiger partial charge in [-0.05, 0) is 31.2 Å². The fraction of sp³-hybridized carbons (Fsp3) is 0.235. The van der Waals surface area contributed by atoms with Gasteiger partial charge in [-0.2, -0.15) is 0 Å². The Morgan fingerprint density at radius 2 is 2.12 bits per heavy atom. The van der Waals surface area contributed by atoms with Gasteiger partial charge < -0.3 is 14.6 Å². The largest absolute Gasteiger partial charge is 0.497 e. The zero-order valence-electron chi connectivity index (χ0n) is 14.1. The molecule has 2 heterocycles. The molecule has 0 atom stereocenters. The van der Waals surface area contributed by atoms with Crippen molar-refractivity contribution in [3.8, 4) is 16.5 Å². The third kappa shape index (κ3) is 4.21. The molecular formula is C17H18N4O2S2. The molecule has 0 aliphatic rings. The highest BCUT2D eigenvalue weighted by Crippen LogP contribution is 2.31. The van der Waals surface area contributed by atoms with E-state index < -0.39 is 0 Å². The molecule has 0 saturated heterocycles. The first kappa shape index (κ1) is 17.5. The Morgan fingerprint density at radius 3 is 2.76 bits per heavy atom. The highest BCUT2D eigenvalue weighted by molar-refractivity contribution is 8.00. The van der Waals surface area contributed by atoms with Crippen molar-refractivity contribution in [1.29, 1.82) is 0 Å².